The van der Waals surface area contributed by atoms with Crippen LogP contribution >= 0.6 is 0 Å². The van der Waals surface area contributed by atoms with Gasteiger partial charge in [0.1, 0.15) is 5.75 Å². The highest BCUT2D eigenvalue weighted by Gasteiger charge is 2.18. The fourth-order valence-corrected chi connectivity index (χ4v) is 3.96. The summed E-state index contributed by atoms with van der Waals surface area (Å²) in [5.74, 6) is 0.895. The lowest BCUT2D eigenvalue weighted by Crippen LogP contribution is -2.48. The molecule has 6 nitrogen and oxygen atoms in total. The molecule has 2 aromatic rings. The van der Waals surface area contributed by atoms with Crippen molar-refractivity contribution < 1.29 is 14.3 Å². The van der Waals surface area contributed by atoms with Gasteiger partial charge >= 0.3 is 0 Å². The molecule has 2 heterocycles. The molecule has 0 spiro atoms. The summed E-state index contributed by atoms with van der Waals surface area (Å²) in [5.41, 5.74) is 4.41. The number of fused-ring (bicyclic) bond motifs is 1. The third-order valence-electron chi connectivity index (χ3n) is 5.77. The molecule has 2 aliphatic heterocycles. The first-order valence-electron chi connectivity index (χ1n) is 10.3. The maximum absolute atomic E-state index is 12.5. The van der Waals surface area contributed by atoms with Crippen molar-refractivity contribution in [1.82, 2.24) is 10.2 Å². The number of hydrogen-bond donors (Lipinski definition) is 1. The Labute approximate surface area is 172 Å². The number of nitrogens with zero attached hydrogens (tertiary/aromatic N) is 2. The Kier molecular flexibility index (Phi) is 6.32. The molecular formula is C23H29N3O3. The molecule has 0 radical (unpaired) electrons. The number of ether oxygens (including phenoxy) is 2. The Balaban J connectivity index is 1.21. The first-order chi connectivity index (χ1) is 14.2. The van der Waals surface area contributed by atoms with Crippen LogP contribution in [0.1, 0.15) is 21.5 Å². The van der Waals surface area contributed by atoms with Gasteiger partial charge in [-0.05, 0) is 53.9 Å². The standard InChI is InChI=1S/C23H29N3O3/c1-28-22-6-4-21(5-7-22)26-13-11-25(12-14-26)10-9-24-23(27)19-2-3-20-17-29-15-8-18(20)16-19/h2-7,16H,8-15,17H2,1H3,(H,24,27). The van der Waals surface area contributed by atoms with Crippen LogP contribution in [0.2, 0.25) is 0 Å². The van der Waals surface area contributed by atoms with Crippen LogP contribution in [0.15, 0.2) is 42.5 Å². The quantitative estimate of drug-likeness (QED) is 0.814. The first kappa shape index (κ1) is 19.7. The molecule has 2 aliphatic rings. The van der Waals surface area contributed by atoms with Gasteiger partial charge in [0, 0.05) is 50.5 Å². The third-order valence-corrected chi connectivity index (χ3v) is 5.77. The van der Waals surface area contributed by atoms with Crippen molar-refractivity contribution >= 4 is 11.6 Å². The Morgan fingerprint density at radius 2 is 1.86 bits per heavy atom. The number of carbonyl (C=O) groups excluding carboxylic acids is 1. The van der Waals surface area contributed by atoms with Crippen molar-refractivity contribution in [2.75, 3.05) is 57.9 Å². The lowest BCUT2D eigenvalue weighted by molar-refractivity contribution is 0.0945. The Morgan fingerprint density at radius 3 is 2.62 bits per heavy atom. The average molecular weight is 396 g/mol. The lowest BCUT2D eigenvalue weighted by Gasteiger charge is -2.36. The predicted octanol–water partition coefficient (Wildman–Crippen LogP) is 2.32. The second-order valence-corrected chi connectivity index (χ2v) is 7.57. The van der Waals surface area contributed by atoms with Gasteiger partial charge in [0.2, 0.25) is 0 Å². The summed E-state index contributed by atoms with van der Waals surface area (Å²) >= 11 is 0. The zero-order valence-electron chi connectivity index (χ0n) is 17.0. The summed E-state index contributed by atoms with van der Waals surface area (Å²) in [4.78, 5) is 17.3. The Morgan fingerprint density at radius 1 is 1.07 bits per heavy atom. The molecule has 29 heavy (non-hydrogen) atoms. The fourth-order valence-electron chi connectivity index (χ4n) is 3.96. The minimum Gasteiger partial charge on any atom is -0.497 e. The van der Waals surface area contributed by atoms with Crippen molar-refractivity contribution in [2.24, 2.45) is 0 Å². The second kappa shape index (κ2) is 9.29. The molecule has 0 atom stereocenters. The van der Waals surface area contributed by atoms with Crippen molar-refractivity contribution in [2.45, 2.75) is 13.0 Å². The third kappa shape index (κ3) is 4.89. The molecule has 0 bridgehead atoms. The van der Waals surface area contributed by atoms with Crippen LogP contribution in [0.25, 0.3) is 0 Å². The van der Waals surface area contributed by atoms with Gasteiger partial charge in [-0.3, -0.25) is 9.69 Å². The van der Waals surface area contributed by atoms with Crippen LogP contribution < -0.4 is 15.0 Å². The van der Waals surface area contributed by atoms with Crippen LogP contribution in [0.5, 0.6) is 5.75 Å². The smallest absolute Gasteiger partial charge is 0.251 e. The molecule has 1 saturated heterocycles. The van der Waals surface area contributed by atoms with E-state index in [-0.39, 0.29) is 5.91 Å². The van der Waals surface area contributed by atoms with Crippen molar-refractivity contribution in [3.8, 4) is 5.75 Å². The molecule has 0 unspecified atom stereocenters. The van der Waals surface area contributed by atoms with E-state index >= 15 is 0 Å². The van der Waals surface area contributed by atoms with Gasteiger partial charge < -0.3 is 19.7 Å². The van der Waals surface area contributed by atoms with Crippen LogP contribution in [-0.4, -0.2) is 63.8 Å². The van der Waals surface area contributed by atoms with Crippen LogP contribution in [0.3, 0.4) is 0 Å². The number of hydrogen-bond acceptors (Lipinski definition) is 5. The van der Waals surface area contributed by atoms with Gasteiger partial charge in [-0.1, -0.05) is 6.07 Å². The van der Waals surface area contributed by atoms with Crippen molar-refractivity contribution in [3.63, 3.8) is 0 Å². The van der Waals surface area contributed by atoms with E-state index in [1.54, 1.807) is 7.11 Å². The molecular weight excluding hydrogens is 366 g/mol. The normalized spacial score (nSPS) is 16.9. The highest BCUT2D eigenvalue weighted by Crippen LogP contribution is 2.21. The van der Waals surface area contributed by atoms with E-state index in [0.29, 0.717) is 13.2 Å². The number of anilines is 1. The summed E-state index contributed by atoms with van der Waals surface area (Å²) in [6.45, 7) is 6.92. The predicted molar refractivity (Wildman–Crippen MR) is 114 cm³/mol. The maximum Gasteiger partial charge on any atom is 0.251 e. The first-order valence-corrected chi connectivity index (χ1v) is 10.3. The maximum atomic E-state index is 12.5. The largest absolute Gasteiger partial charge is 0.497 e. The minimum absolute atomic E-state index is 0.0103. The lowest BCUT2D eigenvalue weighted by atomic mass is 10.00. The van der Waals surface area contributed by atoms with E-state index in [4.69, 9.17) is 9.47 Å². The van der Waals surface area contributed by atoms with Crippen molar-refractivity contribution in [3.05, 3.63) is 59.2 Å². The van der Waals surface area contributed by atoms with E-state index in [2.05, 4.69) is 27.2 Å². The molecule has 4 rings (SSSR count). The van der Waals surface area contributed by atoms with Gasteiger partial charge in [0.05, 0.1) is 20.3 Å². The summed E-state index contributed by atoms with van der Waals surface area (Å²) in [7, 11) is 1.69. The fraction of sp³-hybridized carbons (Fsp3) is 0.435. The van der Waals surface area contributed by atoms with Crippen LogP contribution in [-0.2, 0) is 17.8 Å². The topological polar surface area (TPSA) is 54.0 Å². The molecule has 1 N–H and O–H groups in total. The second-order valence-electron chi connectivity index (χ2n) is 7.57. The van der Waals surface area contributed by atoms with Crippen LogP contribution in [0, 0.1) is 0 Å². The Bertz CT molecular complexity index is 830. The van der Waals surface area contributed by atoms with E-state index in [0.717, 1.165) is 57.1 Å². The summed E-state index contributed by atoms with van der Waals surface area (Å²) in [6, 6.07) is 14.2. The number of benzene rings is 2. The van der Waals surface area contributed by atoms with E-state index < -0.39 is 0 Å². The monoisotopic (exact) mass is 395 g/mol. The number of carbonyl (C=O) groups is 1. The molecule has 0 aromatic heterocycles. The minimum atomic E-state index is 0.0103. The molecule has 154 valence electrons. The van der Waals surface area contributed by atoms with Gasteiger partial charge in [-0.25, -0.2) is 0 Å². The number of nitrogens with one attached hydrogen (secondary N) is 1. The highest BCUT2D eigenvalue weighted by atomic mass is 16.5. The number of piperazine rings is 1. The average Bonchev–Trinajstić information content (AvgIpc) is 2.79. The molecule has 0 aliphatic carbocycles. The number of amides is 1. The Hall–Kier alpha value is -2.57. The number of methoxy groups -OCH3 is 1. The summed E-state index contributed by atoms with van der Waals surface area (Å²) in [5, 5.41) is 3.07. The molecule has 1 amide bonds. The van der Waals surface area contributed by atoms with Gasteiger partial charge in [-0.2, -0.15) is 0 Å². The van der Waals surface area contributed by atoms with Gasteiger partial charge in [-0.15, -0.1) is 0 Å². The van der Waals surface area contributed by atoms with Crippen molar-refractivity contribution in [1.29, 1.82) is 0 Å². The summed E-state index contributed by atoms with van der Waals surface area (Å²) < 4.78 is 10.7. The molecule has 6 heteroatoms. The summed E-state index contributed by atoms with van der Waals surface area (Å²) in [6.07, 6.45) is 0.884. The van der Waals surface area contributed by atoms with E-state index in [9.17, 15) is 4.79 Å². The van der Waals surface area contributed by atoms with E-state index in [1.807, 2.05) is 30.3 Å². The zero-order valence-corrected chi connectivity index (χ0v) is 17.0. The highest BCUT2D eigenvalue weighted by molar-refractivity contribution is 5.94. The SMILES string of the molecule is COc1ccc(N2CCN(CCNC(=O)c3ccc4c(c3)CCOC4)CC2)cc1. The van der Waals surface area contributed by atoms with Crippen LogP contribution in [0.4, 0.5) is 5.69 Å². The zero-order chi connectivity index (χ0) is 20.1. The van der Waals surface area contributed by atoms with Gasteiger partial charge in [0.15, 0.2) is 0 Å². The molecule has 2 aromatic carbocycles. The molecule has 0 saturated carbocycles. The molecule has 1 fully saturated rings. The van der Waals surface area contributed by atoms with E-state index in [1.165, 1.54) is 16.8 Å². The number of rotatable bonds is 6. The van der Waals surface area contributed by atoms with Gasteiger partial charge in [0.25, 0.3) is 5.91 Å².